The number of carbonyl (C=O) groups is 2. The molecule has 1 aromatic rings. The summed E-state index contributed by atoms with van der Waals surface area (Å²) in [5.41, 5.74) is -0.238. The van der Waals surface area contributed by atoms with E-state index in [0.29, 0.717) is 38.3 Å². The second-order valence-corrected chi connectivity index (χ2v) is 8.89. The highest BCUT2D eigenvalue weighted by atomic mass is 19.4. The first-order valence-corrected chi connectivity index (χ1v) is 10.1. The van der Waals surface area contributed by atoms with Crippen LogP contribution in [0.1, 0.15) is 38.8 Å². The highest BCUT2D eigenvalue weighted by Crippen LogP contribution is 2.36. The zero-order chi connectivity index (χ0) is 22.3. The van der Waals surface area contributed by atoms with E-state index in [4.69, 9.17) is 4.74 Å². The fourth-order valence-electron chi connectivity index (χ4n) is 3.86. The van der Waals surface area contributed by atoms with Crippen molar-refractivity contribution >= 4 is 17.7 Å². The second-order valence-electron chi connectivity index (χ2n) is 8.89. The van der Waals surface area contributed by atoms with Crippen molar-refractivity contribution in [1.29, 1.82) is 0 Å². The summed E-state index contributed by atoms with van der Waals surface area (Å²) in [5, 5.41) is 0. The van der Waals surface area contributed by atoms with E-state index >= 15 is 0 Å². The number of rotatable bonds is 2. The number of ether oxygens (including phenoxy) is 1. The van der Waals surface area contributed by atoms with Crippen molar-refractivity contribution in [2.45, 2.75) is 51.9 Å². The van der Waals surface area contributed by atoms with Crippen LogP contribution in [0.3, 0.4) is 0 Å². The number of hydrogen-bond acceptors (Lipinski definition) is 4. The van der Waals surface area contributed by atoms with E-state index < -0.39 is 17.3 Å². The summed E-state index contributed by atoms with van der Waals surface area (Å²) in [7, 11) is 0. The van der Waals surface area contributed by atoms with Crippen molar-refractivity contribution < 1.29 is 27.5 Å². The molecule has 2 heterocycles. The molecule has 1 aromatic carbocycles. The van der Waals surface area contributed by atoms with Crippen molar-refractivity contribution in [3.05, 3.63) is 29.3 Å². The summed E-state index contributed by atoms with van der Waals surface area (Å²) in [4.78, 5) is 30.2. The van der Waals surface area contributed by atoms with Gasteiger partial charge in [0, 0.05) is 37.9 Å². The Morgan fingerprint density at radius 3 is 2.43 bits per heavy atom. The van der Waals surface area contributed by atoms with Crippen molar-refractivity contribution in [1.82, 2.24) is 9.80 Å². The molecule has 3 rings (SSSR count). The molecule has 1 saturated heterocycles. The number of halogens is 3. The van der Waals surface area contributed by atoms with Crippen LogP contribution in [0, 0.1) is 0 Å². The zero-order valence-corrected chi connectivity index (χ0v) is 17.8. The van der Waals surface area contributed by atoms with Gasteiger partial charge >= 0.3 is 12.3 Å². The van der Waals surface area contributed by atoms with Crippen LogP contribution in [0.5, 0.6) is 0 Å². The van der Waals surface area contributed by atoms with Crippen LogP contribution in [0.4, 0.5) is 23.7 Å². The van der Waals surface area contributed by atoms with Crippen LogP contribution in [-0.4, -0.2) is 66.2 Å². The van der Waals surface area contributed by atoms with Crippen LogP contribution < -0.4 is 4.90 Å². The van der Waals surface area contributed by atoms with Gasteiger partial charge in [0.25, 0.3) is 0 Å². The SMILES string of the molecule is C[C@@H]1CN(CC(=O)N2CCc3ccc(C(F)(F)F)cc32)CCN1C(=O)OC(C)(C)C. The summed E-state index contributed by atoms with van der Waals surface area (Å²) < 4.78 is 44.6. The molecule has 0 unspecified atom stereocenters. The molecule has 1 fully saturated rings. The molecule has 2 amide bonds. The quantitative estimate of drug-likeness (QED) is 0.725. The lowest BCUT2D eigenvalue weighted by atomic mass is 10.1. The number of anilines is 1. The number of nitrogens with zero attached hydrogens (tertiary/aromatic N) is 3. The van der Waals surface area contributed by atoms with E-state index in [2.05, 4.69) is 0 Å². The van der Waals surface area contributed by atoms with Gasteiger partial charge in [-0.1, -0.05) is 6.07 Å². The summed E-state index contributed by atoms with van der Waals surface area (Å²) in [6.07, 6.45) is -4.28. The molecule has 0 bridgehead atoms. The molecular formula is C21H28F3N3O3. The monoisotopic (exact) mass is 427 g/mol. The number of fused-ring (bicyclic) bond motifs is 1. The van der Waals surface area contributed by atoms with E-state index in [1.54, 1.807) is 4.90 Å². The van der Waals surface area contributed by atoms with E-state index in [1.807, 2.05) is 32.6 Å². The van der Waals surface area contributed by atoms with E-state index in [9.17, 15) is 22.8 Å². The molecule has 0 radical (unpaired) electrons. The highest BCUT2D eigenvalue weighted by molar-refractivity contribution is 5.97. The lowest BCUT2D eigenvalue weighted by Gasteiger charge is -2.40. The third-order valence-corrected chi connectivity index (χ3v) is 5.31. The van der Waals surface area contributed by atoms with Crippen molar-refractivity contribution in [2.24, 2.45) is 0 Å². The molecule has 1 atom stereocenters. The predicted molar refractivity (Wildman–Crippen MR) is 106 cm³/mol. The van der Waals surface area contributed by atoms with Crippen LogP contribution >= 0.6 is 0 Å². The molecule has 0 aliphatic carbocycles. The van der Waals surface area contributed by atoms with Gasteiger partial charge in [0.05, 0.1) is 12.1 Å². The van der Waals surface area contributed by atoms with Gasteiger partial charge < -0.3 is 14.5 Å². The minimum absolute atomic E-state index is 0.0994. The van der Waals surface area contributed by atoms with Gasteiger partial charge in [-0.2, -0.15) is 13.2 Å². The number of hydrogen-bond donors (Lipinski definition) is 0. The van der Waals surface area contributed by atoms with E-state index in [1.165, 1.54) is 11.0 Å². The summed E-state index contributed by atoms with van der Waals surface area (Å²) in [6.45, 7) is 9.21. The molecule has 166 valence electrons. The van der Waals surface area contributed by atoms with Gasteiger partial charge in [0.1, 0.15) is 5.60 Å². The normalized spacial score (nSPS) is 20.3. The molecule has 30 heavy (non-hydrogen) atoms. The number of amides is 2. The summed E-state index contributed by atoms with van der Waals surface area (Å²) in [5.74, 6) is -0.231. The Labute approximate surface area is 174 Å². The maximum absolute atomic E-state index is 13.1. The largest absolute Gasteiger partial charge is 0.444 e. The molecule has 0 aromatic heterocycles. The maximum atomic E-state index is 13.1. The Morgan fingerprint density at radius 1 is 1.13 bits per heavy atom. The van der Waals surface area contributed by atoms with Gasteiger partial charge in [-0.25, -0.2) is 4.79 Å². The average molecular weight is 427 g/mol. The third kappa shape index (κ3) is 5.06. The first kappa shape index (κ1) is 22.4. The minimum atomic E-state index is -4.44. The fraction of sp³-hybridized carbons (Fsp3) is 0.619. The van der Waals surface area contributed by atoms with Gasteiger partial charge in [-0.15, -0.1) is 0 Å². The van der Waals surface area contributed by atoms with Crippen LogP contribution in [0.2, 0.25) is 0 Å². The van der Waals surface area contributed by atoms with Crippen molar-refractivity contribution in [3.8, 4) is 0 Å². The lowest BCUT2D eigenvalue weighted by Crippen LogP contribution is -2.56. The Morgan fingerprint density at radius 2 is 1.83 bits per heavy atom. The molecule has 6 nitrogen and oxygen atoms in total. The predicted octanol–water partition coefficient (Wildman–Crippen LogP) is 3.54. The molecule has 2 aliphatic heterocycles. The molecular weight excluding hydrogens is 399 g/mol. The smallest absolute Gasteiger partial charge is 0.416 e. The molecule has 0 spiro atoms. The topological polar surface area (TPSA) is 53.1 Å². The summed E-state index contributed by atoms with van der Waals surface area (Å²) >= 11 is 0. The Kier molecular flexibility index (Phi) is 6.04. The summed E-state index contributed by atoms with van der Waals surface area (Å²) in [6, 6.07) is 3.44. The van der Waals surface area contributed by atoms with Crippen molar-refractivity contribution in [2.75, 3.05) is 37.6 Å². The van der Waals surface area contributed by atoms with Gasteiger partial charge in [-0.05, 0) is 51.8 Å². The highest BCUT2D eigenvalue weighted by Gasteiger charge is 2.35. The van der Waals surface area contributed by atoms with Gasteiger partial charge in [0.2, 0.25) is 5.91 Å². The van der Waals surface area contributed by atoms with E-state index in [-0.39, 0.29) is 24.6 Å². The average Bonchev–Trinajstić information content (AvgIpc) is 3.02. The standard InChI is InChI=1S/C21H28F3N3O3/c1-14-12-25(9-10-26(14)19(29)30-20(2,3)4)13-18(28)27-8-7-15-5-6-16(11-17(15)27)21(22,23)24/h5-6,11,14H,7-10,12-13H2,1-4H3/t14-/m1/s1. The number of alkyl halides is 3. The van der Waals surface area contributed by atoms with Crippen LogP contribution in [-0.2, 0) is 22.1 Å². The fourth-order valence-corrected chi connectivity index (χ4v) is 3.86. The minimum Gasteiger partial charge on any atom is -0.444 e. The number of benzene rings is 1. The van der Waals surface area contributed by atoms with Gasteiger partial charge in [0.15, 0.2) is 0 Å². The van der Waals surface area contributed by atoms with Crippen LogP contribution in [0.15, 0.2) is 18.2 Å². The molecule has 0 saturated carbocycles. The zero-order valence-electron chi connectivity index (χ0n) is 17.8. The molecule has 2 aliphatic rings. The molecule has 9 heteroatoms. The van der Waals surface area contributed by atoms with Crippen molar-refractivity contribution in [3.63, 3.8) is 0 Å². The van der Waals surface area contributed by atoms with E-state index in [0.717, 1.165) is 17.7 Å². The molecule has 0 N–H and O–H groups in total. The van der Waals surface area contributed by atoms with Gasteiger partial charge in [-0.3, -0.25) is 9.69 Å². The number of piperazine rings is 1. The first-order chi connectivity index (χ1) is 13.8. The lowest BCUT2D eigenvalue weighted by molar-refractivity contribution is -0.137. The maximum Gasteiger partial charge on any atom is 0.416 e. The Hall–Kier alpha value is -2.29. The Bertz CT molecular complexity index is 820. The second kappa shape index (κ2) is 8.09. The third-order valence-electron chi connectivity index (χ3n) is 5.31. The number of carbonyl (C=O) groups excluding carboxylic acids is 2. The Balaban J connectivity index is 1.62. The first-order valence-electron chi connectivity index (χ1n) is 10.1. The van der Waals surface area contributed by atoms with Crippen LogP contribution in [0.25, 0.3) is 0 Å².